The number of methoxy groups -OCH3 is 1. The average Bonchev–Trinajstić information content (AvgIpc) is 3.25. The van der Waals surface area contributed by atoms with Crippen molar-refractivity contribution in [2.45, 2.75) is 48.5 Å². The second kappa shape index (κ2) is 13.0. The molecule has 0 spiro atoms. The maximum Gasteiger partial charge on any atom is 0.323 e. The summed E-state index contributed by atoms with van der Waals surface area (Å²) in [6.45, 7) is 1.62. The van der Waals surface area contributed by atoms with Crippen LogP contribution in [0.1, 0.15) is 32.1 Å². The summed E-state index contributed by atoms with van der Waals surface area (Å²) in [5, 5.41) is 12.2. The number of nitrogens with one attached hydrogen (secondary N) is 1. The van der Waals surface area contributed by atoms with Gasteiger partial charge in [-0.3, -0.25) is 10.1 Å². The maximum atomic E-state index is 13.1. The summed E-state index contributed by atoms with van der Waals surface area (Å²) >= 11 is 2.48. The fourth-order valence-electron chi connectivity index (χ4n) is 3.88. The summed E-state index contributed by atoms with van der Waals surface area (Å²) in [6.07, 6.45) is 14.8. The molecule has 2 amide bonds. The van der Waals surface area contributed by atoms with Gasteiger partial charge in [0.2, 0.25) is 0 Å². The van der Waals surface area contributed by atoms with E-state index in [1.807, 2.05) is 17.1 Å². The summed E-state index contributed by atoms with van der Waals surface area (Å²) in [6, 6.07) is -0.0672. The third-order valence-corrected chi connectivity index (χ3v) is 7.68. The zero-order valence-electron chi connectivity index (χ0n) is 18.3. The topological polar surface area (TPSA) is 101 Å². The molecule has 0 radical (unpaired) electrons. The summed E-state index contributed by atoms with van der Waals surface area (Å²) in [7, 11) is 1.74. The van der Waals surface area contributed by atoms with Crippen LogP contribution in [-0.2, 0) is 14.3 Å². The molecule has 0 aromatic carbocycles. The average molecular weight is 482 g/mol. The highest BCUT2D eigenvalue weighted by Crippen LogP contribution is 2.29. The van der Waals surface area contributed by atoms with Crippen LogP contribution in [0.5, 0.6) is 0 Å². The lowest BCUT2D eigenvalue weighted by molar-refractivity contribution is -0.133. The number of aliphatic carboxylic acids is 1. The Kier molecular flexibility index (Phi) is 10.0. The largest absolute Gasteiger partial charge is 0.481 e. The van der Waals surface area contributed by atoms with E-state index in [9.17, 15) is 9.59 Å². The van der Waals surface area contributed by atoms with Crippen molar-refractivity contribution in [3.8, 4) is 0 Å². The number of aromatic nitrogens is 1. The molecular weight excluding hydrogens is 450 g/mol. The Hall–Kier alpha value is -1.88. The van der Waals surface area contributed by atoms with Crippen molar-refractivity contribution in [2.24, 2.45) is 5.92 Å². The van der Waals surface area contributed by atoms with E-state index in [2.05, 4.69) is 22.5 Å². The lowest BCUT2D eigenvalue weighted by Gasteiger charge is -2.36. The number of rotatable bonds is 11. The number of hydrogen-bond donors (Lipinski definition) is 2. The monoisotopic (exact) mass is 481 g/mol. The van der Waals surface area contributed by atoms with Gasteiger partial charge < -0.3 is 19.5 Å². The number of thioether (sulfide) groups is 1. The van der Waals surface area contributed by atoms with Gasteiger partial charge in [0.1, 0.15) is 0 Å². The number of anilines is 1. The molecule has 176 valence electrons. The lowest BCUT2D eigenvalue weighted by Crippen LogP contribution is -2.47. The Balaban J connectivity index is 1.54. The summed E-state index contributed by atoms with van der Waals surface area (Å²) < 4.78 is 12.1. The van der Waals surface area contributed by atoms with Gasteiger partial charge in [0.15, 0.2) is 5.13 Å². The van der Waals surface area contributed by atoms with Gasteiger partial charge in [0.05, 0.1) is 35.5 Å². The SMILES string of the molecule is CO[C@H]1CC[C@H](N(CCOCC2C=CC=CC2)C(=O)Nc2ncc(SCC(=O)O)s2)CC1. The smallest absolute Gasteiger partial charge is 0.323 e. The second-order valence-electron chi connectivity index (χ2n) is 7.84. The molecule has 2 aliphatic carbocycles. The predicted molar refractivity (Wildman–Crippen MR) is 126 cm³/mol. The number of thiazole rings is 1. The van der Waals surface area contributed by atoms with Gasteiger partial charge in [-0.2, -0.15) is 0 Å². The first-order valence-electron chi connectivity index (χ1n) is 10.9. The number of allylic oxidation sites excluding steroid dienone is 3. The zero-order valence-corrected chi connectivity index (χ0v) is 19.9. The number of ether oxygens (including phenoxy) is 2. The molecule has 2 N–H and O–H groups in total. The van der Waals surface area contributed by atoms with Crippen LogP contribution in [-0.4, -0.2) is 71.8 Å². The molecule has 1 heterocycles. The Morgan fingerprint density at radius 2 is 2.12 bits per heavy atom. The number of hydrogen-bond acceptors (Lipinski definition) is 7. The van der Waals surface area contributed by atoms with Crippen LogP contribution >= 0.6 is 23.1 Å². The van der Waals surface area contributed by atoms with Gasteiger partial charge in [-0.25, -0.2) is 9.78 Å². The predicted octanol–water partition coefficient (Wildman–Crippen LogP) is 4.26. The van der Waals surface area contributed by atoms with Crippen LogP contribution in [0.3, 0.4) is 0 Å². The van der Waals surface area contributed by atoms with Gasteiger partial charge in [0.25, 0.3) is 0 Å². The first-order valence-corrected chi connectivity index (χ1v) is 12.7. The number of amides is 2. The number of carboxylic acid groups (broad SMARTS) is 1. The lowest BCUT2D eigenvalue weighted by atomic mass is 9.92. The van der Waals surface area contributed by atoms with Crippen molar-refractivity contribution in [1.29, 1.82) is 0 Å². The molecule has 0 aliphatic heterocycles. The van der Waals surface area contributed by atoms with E-state index in [1.165, 1.54) is 23.1 Å². The molecule has 3 rings (SSSR count). The second-order valence-corrected chi connectivity index (χ2v) is 10.1. The van der Waals surface area contributed by atoms with Crippen LogP contribution < -0.4 is 5.32 Å². The number of carbonyl (C=O) groups is 2. The van der Waals surface area contributed by atoms with Gasteiger partial charge in [-0.15, -0.1) is 11.8 Å². The quantitative estimate of drug-likeness (QED) is 0.360. The number of carboxylic acids is 1. The standard InChI is InChI=1S/C22H31N3O5S2/c1-29-18-9-7-17(8-10-18)25(11-12-30-14-16-5-3-2-4-6-16)22(28)24-21-23-13-20(32-21)31-15-19(26)27/h2-5,13,16-18H,6-12,14-15H2,1H3,(H,26,27)(H,23,24,28)/t16?,17-,18-. The van der Waals surface area contributed by atoms with Crippen LogP contribution in [0.15, 0.2) is 34.7 Å². The van der Waals surface area contributed by atoms with Gasteiger partial charge in [-0.05, 0) is 32.1 Å². The molecule has 8 nitrogen and oxygen atoms in total. The minimum absolute atomic E-state index is 0.0340. The fraction of sp³-hybridized carbons (Fsp3) is 0.591. The third-order valence-electron chi connectivity index (χ3n) is 5.59. The highest BCUT2D eigenvalue weighted by Gasteiger charge is 2.29. The number of nitrogens with zero attached hydrogens (tertiary/aromatic N) is 2. The molecular formula is C22H31N3O5S2. The normalized spacial score (nSPS) is 22.6. The Morgan fingerprint density at radius 1 is 1.31 bits per heavy atom. The molecule has 1 saturated carbocycles. The summed E-state index contributed by atoms with van der Waals surface area (Å²) in [4.78, 5) is 29.9. The summed E-state index contributed by atoms with van der Waals surface area (Å²) in [5.74, 6) is -0.531. The number of carbonyl (C=O) groups excluding carboxylic acids is 1. The van der Waals surface area contributed by atoms with Crippen molar-refractivity contribution >= 4 is 40.2 Å². The molecule has 32 heavy (non-hydrogen) atoms. The van der Waals surface area contributed by atoms with E-state index in [4.69, 9.17) is 14.6 Å². The minimum Gasteiger partial charge on any atom is -0.481 e. The molecule has 0 saturated heterocycles. The molecule has 1 unspecified atom stereocenters. The minimum atomic E-state index is -0.883. The molecule has 0 bridgehead atoms. The first kappa shape index (κ1) is 24.8. The van der Waals surface area contributed by atoms with Crippen LogP contribution in [0.25, 0.3) is 0 Å². The van der Waals surface area contributed by atoms with Crippen LogP contribution in [0.2, 0.25) is 0 Å². The highest BCUT2D eigenvalue weighted by atomic mass is 32.2. The Morgan fingerprint density at radius 3 is 2.81 bits per heavy atom. The van der Waals surface area contributed by atoms with Gasteiger partial charge in [0, 0.05) is 25.6 Å². The highest BCUT2D eigenvalue weighted by molar-refractivity contribution is 8.01. The van der Waals surface area contributed by atoms with Crippen molar-refractivity contribution in [2.75, 3.05) is 37.9 Å². The Labute approximate surface area is 197 Å². The van der Waals surface area contributed by atoms with E-state index >= 15 is 0 Å². The fourth-order valence-corrected chi connectivity index (χ4v) is 5.46. The van der Waals surface area contributed by atoms with E-state index in [0.29, 0.717) is 30.8 Å². The van der Waals surface area contributed by atoms with Crippen LogP contribution in [0.4, 0.5) is 9.93 Å². The maximum absolute atomic E-state index is 13.1. The van der Waals surface area contributed by atoms with Crippen molar-refractivity contribution < 1.29 is 24.2 Å². The molecule has 1 aromatic heterocycles. The first-order chi connectivity index (χ1) is 15.5. The van der Waals surface area contributed by atoms with Gasteiger partial charge >= 0.3 is 12.0 Å². The van der Waals surface area contributed by atoms with Crippen molar-refractivity contribution in [3.05, 3.63) is 30.5 Å². The zero-order chi connectivity index (χ0) is 22.8. The molecule has 2 aliphatic rings. The van der Waals surface area contributed by atoms with E-state index in [0.717, 1.165) is 36.3 Å². The molecule has 1 fully saturated rings. The van der Waals surface area contributed by atoms with Gasteiger partial charge in [-0.1, -0.05) is 35.6 Å². The third kappa shape index (κ3) is 7.91. The van der Waals surface area contributed by atoms with Crippen molar-refractivity contribution in [1.82, 2.24) is 9.88 Å². The molecule has 1 atom stereocenters. The van der Waals surface area contributed by atoms with E-state index in [1.54, 1.807) is 13.3 Å². The van der Waals surface area contributed by atoms with E-state index < -0.39 is 5.97 Å². The van der Waals surface area contributed by atoms with Crippen LogP contribution in [0, 0.1) is 5.92 Å². The molecule has 10 heteroatoms. The van der Waals surface area contributed by atoms with E-state index in [-0.39, 0.29) is 23.9 Å². The molecule has 1 aromatic rings. The van der Waals surface area contributed by atoms with Crippen molar-refractivity contribution in [3.63, 3.8) is 0 Å². The summed E-state index contributed by atoms with van der Waals surface area (Å²) in [5.41, 5.74) is 0. The Bertz CT molecular complexity index is 805. The number of urea groups is 1.